The number of carbonyl (C=O) groups is 1. The molecule has 3 aromatic rings. The summed E-state index contributed by atoms with van der Waals surface area (Å²) >= 11 is 0. The number of pyridine rings is 1. The Morgan fingerprint density at radius 3 is 2.54 bits per heavy atom. The third kappa shape index (κ3) is 6.34. The van der Waals surface area contributed by atoms with Crippen molar-refractivity contribution in [2.24, 2.45) is 0 Å². The molecule has 0 aliphatic carbocycles. The molecule has 4 heterocycles. The van der Waals surface area contributed by atoms with Crippen molar-refractivity contribution in [2.75, 3.05) is 29.2 Å². The van der Waals surface area contributed by atoms with Gasteiger partial charge in [-0.3, -0.25) is 14.5 Å². The molecule has 1 unspecified atom stereocenters. The highest BCUT2D eigenvalue weighted by molar-refractivity contribution is 6.03. The van der Waals surface area contributed by atoms with Gasteiger partial charge in [-0.25, -0.2) is 4.98 Å². The number of aryl methyl sites for hydroxylation is 1. The predicted molar refractivity (Wildman–Crippen MR) is 131 cm³/mol. The summed E-state index contributed by atoms with van der Waals surface area (Å²) in [7, 11) is 1.80. The fraction of sp³-hybridized carbons (Fsp3) is 0.458. The molecule has 0 bridgehead atoms. The second-order valence-corrected chi connectivity index (χ2v) is 9.82. The molecule has 10 nitrogen and oxygen atoms in total. The Bertz CT molecular complexity index is 1270. The van der Waals surface area contributed by atoms with Gasteiger partial charge in [-0.2, -0.15) is 23.3 Å². The number of rotatable bonds is 7. The van der Waals surface area contributed by atoms with E-state index in [1.165, 1.54) is 12.3 Å². The van der Waals surface area contributed by atoms with Gasteiger partial charge in [-0.1, -0.05) is 6.07 Å². The lowest BCUT2D eigenvalue weighted by Gasteiger charge is -2.36. The smallest absolute Gasteiger partial charge is 0.373 e. The first-order valence-electron chi connectivity index (χ1n) is 11.6. The van der Waals surface area contributed by atoms with Crippen molar-refractivity contribution < 1.29 is 22.7 Å². The van der Waals surface area contributed by atoms with Gasteiger partial charge in [-0.15, -0.1) is 0 Å². The molecule has 2 N–H and O–H groups in total. The van der Waals surface area contributed by atoms with Gasteiger partial charge in [0.1, 0.15) is 17.4 Å². The first-order chi connectivity index (χ1) is 17.3. The number of amides is 1. The fourth-order valence-corrected chi connectivity index (χ4v) is 3.72. The van der Waals surface area contributed by atoms with Crippen LogP contribution in [0.4, 0.5) is 30.6 Å². The molecule has 1 amide bonds. The van der Waals surface area contributed by atoms with E-state index in [1.807, 2.05) is 20.8 Å². The molecular weight excluding hydrogens is 489 g/mol. The quantitative estimate of drug-likeness (QED) is 0.488. The zero-order valence-corrected chi connectivity index (χ0v) is 21.2. The monoisotopic (exact) mass is 518 g/mol. The van der Waals surface area contributed by atoms with Crippen LogP contribution in [0.2, 0.25) is 0 Å². The van der Waals surface area contributed by atoms with E-state index in [0.29, 0.717) is 35.3 Å². The maximum absolute atomic E-state index is 12.7. The highest BCUT2D eigenvalue weighted by Crippen LogP contribution is 2.33. The summed E-state index contributed by atoms with van der Waals surface area (Å²) < 4.78 is 45.6. The van der Waals surface area contributed by atoms with E-state index >= 15 is 0 Å². The second kappa shape index (κ2) is 9.96. The van der Waals surface area contributed by atoms with Crippen molar-refractivity contribution in [2.45, 2.75) is 58.6 Å². The standard InChI is InChI=1S/C24H29F3N8O2/c1-14-19-20(34(5)17(21(36)32-19)13-37-23(2,3)4)33-22(31-14)29-9-16-10-30-35(12-16)11-15-6-7-18(28-8-15)24(25,26)27/h6-8,10,12,17H,9,11,13H2,1-5H3,(H,32,36)(H,29,31,33). The highest BCUT2D eigenvalue weighted by Gasteiger charge is 2.35. The summed E-state index contributed by atoms with van der Waals surface area (Å²) in [4.78, 5) is 27.0. The number of nitrogens with zero attached hydrogens (tertiary/aromatic N) is 6. The Balaban J connectivity index is 1.41. The zero-order chi connectivity index (χ0) is 27.0. The number of ether oxygens (including phenoxy) is 1. The first kappa shape index (κ1) is 26.3. The summed E-state index contributed by atoms with van der Waals surface area (Å²) in [5.74, 6) is 0.791. The lowest BCUT2D eigenvalue weighted by Crippen LogP contribution is -2.50. The van der Waals surface area contributed by atoms with E-state index in [-0.39, 0.29) is 24.7 Å². The summed E-state index contributed by atoms with van der Waals surface area (Å²) in [5, 5.41) is 10.3. The average Bonchev–Trinajstić information content (AvgIpc) is 3.24. The van der Waals surface area contributed by atoms with Crippen molar-refractivity contribution in [3.8, 4) is 0 Å². The van der Waals surface area contributed by atoms with Crippen molar-refractivity contribution >= 4 is 23.4 Å². The maximum atomic E-state index is 12.7. The summed E-state index contributed by atoms with van der Waals surface area (Å²) in [5.41, 5.74) is 1.29. The maximum Gasteiger partial charge on any atom is 0.433 e. The SMILES string of the molecule is Cc1nc(NCc2cnn(Cc3ccc(C(F)(F)F)nc3)c2)nc2c1NC(=O)C(COC(C)(C)C)N2C. The van der Waals surface area contributed by atoms with Crippen molar-refractivity contribution in [3.05, 3.63) is 53.2 Å². The molecule has 37 heavy (non-hydrogen) atoms. The number of hydrogen-bond donors (Lipinski definition) is 2. The van der Waals surface area contributed by atoms with Gasteiger partial charge >= 0.3 is 6.18 Å². The molecule has 1 aliphatic heterocycles. The Morgan fingerprint density at radius 1 is 1.14 bits per heavy atom. The van der Waals surface area contributed by atoms with Crippen LogP contribution in [-0.2, 0) is 28.8 Å². The van der Waals surface area contributed by atoms with Crippen LogP contribution in [0.15, 0.2) is 30.7 Å². The first-order valence-corrected chi connectivity index (χ1v) is 11.6. The van der Waals surface area contributed by atoms with Gasteiger partial charge < -0.3 is 20.3 Å². The Morgan fingerprint density at radius 2 is 1.89 bits per heavy atom. The third-order valence-corrected chi connectivity index (χ3v) is 5.69. The van der Waals surface area contributed by atoms with Crippen LogP contribution in [-0.4, -0.2) is 55.9 Å². The molecule has 0 aromatic carbocycles. The van der Waals surface area contributed by atoms with Crippen LogP contribution in [0.5, 0.6) is 0 Å². The third-order valence-electron chi connectivity index (χ3n) is 5.69. The van der Waals surface area contributed by atoms with Crippen LogP contribution in [0.25, 0.3) is 0 Å². The van der Waals surface area contributed by atoms with Crippen LogP contribution >= 0.6 is 0 Å². The molecule has 198 valence electrons. The molecule has 13 heteroatoms. The highest BCUT2D eigenvalue weighted by atomic mass is 19.4. The largest absolute Gasteiger partial charge is 0.433 e. The minimum Gasteiger partial charge on any atom is -0.373 e. The van der Waals surface area contributed by atoms with Crippen molar-refractivity contribution in [3.63, 3.8) is 0 Å². The van der Waals surface area contributed by atoms with E-state index in [9.17, 15) is 18.0 Å². The minimum atomic E-state index is -4.47. The van der Waals surface area contributed by atoms with Gasteiger partial charge in [0.2, 0.25) is 11.9 Å². The number of anilines is 3. The number of fused-ring (bicyclic) bond motifs is 1. The lowest BCUT2D eigenvalue weighted by atomic mass is 10.1. The van der Waals surface area contributed by atoms with E-state index in [0.717, 1.165) is 11.6 Å². The molecule has 1 atom stereocenters. The van der Waals surface area contributed by atoms with E-state index in [1.54, 1.807) is 35.9 Å². The minimum absolute atomic E-state index is 0.178. The van der Waals surface area contributed by atoms with Gasteiger partial charge in [-0.05, 0) is 39.3 Å². The van der Waals surface area contributed by atoms with Gasteiger partial charge in [0.25, 0.3) is 0 Å². The number of likely N-dealkylation sites (N-methyl/N-ethyl adjacent to an activating group) is 1. The zero-order valence-electron chi connectivity index (χ0n) is 21.2. The normalized spacial score (nSPS) is 15.9. The van der Waals surface area contributed by atoms with Crippen LogP contribution in [0.1, 0.15) is 43.3 Å². The summed E-state index contributed by atoms with van der Waals surface area (Å²) in [6.07, 6.45) is 0.160. The Hall–Kier alpha value is -3.74. The predicted octanol–water partition coefficient (Wildman–Crippen LogP) is 3.63. The van der Waals surface area contributed by atoms with Crippen molar-refractivity contribution in [1.82, 2.24) is 24.7 Å². The van der Waals surface area contributed by atoms with Crippen LogP contribution in [0.3, 0.4) is 0 Å². The van der Waals surface area contributed by atoms with E-state index < -0.39 is 17.9 Å². The van der Waals surface area contributed by atoms with Gasteiger partial charge in [0, 0.05) is 31.5 Å². The van der Waals surface area contributed by atoms with Crippen LogP contribution in [0, 0.1) is 6.92 Å². The van der Waals surface area contributed by atoms with Crippen molar-refractivity contribution in [1.29, 1.82) is 0 Å². The lowest BCUT2D eigenvalue weighted by molar-refractivity contribution is -0.141. The molecule has 0 saturated heterocycles. The van der Waals surface area contributed by atoms with E-state index in [2.05, 4.69) is 30.7 Å². The van der Waals surface area contributed by atoms with Gasteiger partial charge in [0.15, 0.2) is 5.82 Å². The van der Waals surface area contributed by atoms with E-state index in [4.69, 9.17) is 4.74 Å². The molecule has 0 fully saturated rings. The second-order valence-electron chi connectivity index (χ2n) is 9.82. The number of halogens is 3. The molecular formula is C24H29F3N8O2. The average molecular weight is 519 g/mol. The topological polar surface area (TPSA) is 110 Å². The summed E-state index contributed by atoms with van der Waals surface area (Å²) in [6, 6.07) is 1.80. The Kier molecular flexibility index (Phi) is 7.09. The molecule has 0 spiro atoms. The molecule has 1 aliphatic rings. The molecule has 0 radical (unpaired) electrons. The summed E-state index contributed by atoms with van der Waals surface area (Å²) in [6.45, 7) is 8.45. The number of hydrogen-bond acceptors (Lipinski definition) is 8. The van der Waals surface area contributed by atoms with Gasteiger partial charge in [0.05, 0.1) is 30.6 Å². The van der Waals surface area contributed by atoms with Crippen LogP contribution < -0.4 is 15.5 Å². The number of nitrogens with one attached hydrogen (secondary N) is 2. The Labute approximate surface area is 212 Å². The molecule has 3 aromatic heterocycles. The molecule has 0 saturated carbocycles. The molecule has 4 rings (SSSR count). The number of carbonyl (C=O) groups excluding carboxylic acids is 1. The fourth-order valence-electron chi connectivity index (χ4n) is 3.72. The number of aromatic nitrogens is 5. The number of alkyl halides is 3.